The van der Waals surface area contributed by atoms with E-state index in [-0.39, 0.29) is 11.0 Å². The highest BCUT2D eigenvalue weighted by molar-refractivity contribution is 7.10. The van der Waals surface area contributed by atoms with Crippen LogP contribution < -0.4 is 4.74 Å². The van der Waals surface area contributed by atoms with E-state index >= 15 is 0 Å². The summed E-state index contributed by atoms with van der Waals surface area (Å²) in [5.41, 5.74) is 1.15. The van der Waals surface area contributed by atoms with Crippen molar-refractivity contribution < 1.29 is 12.2 Å². The molecule has 3 heterocycles. The Hall–Kier alpha value is -1.39. The van der Waals surface area contributed by atoms with Crippen LogP contribution in [0.3, 0.4) is 0 Å². The normalized spacial score (nSPS) is 26.0. The molecule has 2 fully saturated rings. The molecule has 2 aromatic heterocycles. The van der Waals surface area contributed by atoms with Crippen molar-refractivity contribution in [3.8, 4) is 5.75 Å². The van der Waals surface area contributed by atoms with E-state index < -0.39 is 6.37 Å². The van der Waals surface area contributed by atoms with Gasteiger partial charge in [0.2, 0.25) is 0 Å². The molecule has 1 aliphatic carbocycles. The van der Waals surface area contributed by atoms with Gasteiger partial charge >= 0.3 is 0 Å². The Bertz CT molecular complexity index is 804. The second-order valence-corrected chi connectivity index (χ2v) is 8.93. The maximum absolute atomic E-state index is 8.63. The SMILES string of the molecule is [2H]C([2H])(CCC[C@@]1(c2ccccn2)CCOC2(CCCC2)C1)c1sccc1OC. The lowest BCUT2D eigenvalue weighted by molar-refractivity contribution is -0.104. The molecule has 2 aromatic rings. The first kappa shape index (κ1) is 16.6. The fraction of sp³-hybridized carbons (Fsp3) is 0.609. The summed E-state index contributed by atoms with van der Waals surface area (Å²) in [4.78, 5) is 5.45. The minimum absolute atomic E-state index is 0.00572. The lowest BCUT2D eigenvalue weighted by Gasteiger charge is -2.46. The van der Waals surface area contributed by atoms with Crippen molar-refractivity contribution in [1.82, 2.24) is 4.98 Å². The lowest BCUT2D eigenvalue weighted by Crippen LogP contribution is -2.46. The van der Waals surface area contributed by atoms with Crippen molar-refractivity contribution in [3.63, 3.8) is 0 Å². The molecule has 1 spiro atoms. The molecular weight excluding hydrogens is 354 g/mol. The lowest BCUT2D eigenvalue weighted by atomic mass is 9.67. The van der Waals surface area contributed by atoms with Gasteiger partial charge in [-0.1, -0.05) is 25.3 Å². The third-order valence-electron chi connectivity index (χ3n) is 6.34. The topological polar surface area (TPSA) is 31.4 Å². The molecule has 3 nitrogen and oxygen atoms in total. The van der Waals surface area contributed by atoms with Crippen molar-refractivity contribution in [2.75, 3.05) is 13.7 Å². The molecule has 4 heteroatoms. The van der Waals surface area contributed by atoms with Crippen LogP contribution in [0.15, 0.2) is 35.8 Å². The molecular formula is C23H31NO2S. The zero-order chi connectivity index (χ0) is 20.4. The number of methoxy groups -OCH3 is 1. The average molecular weight is 388 g/mol. The van der Waals surface area contributed by atoms with Gasteiger partial charge in [0.1, 0.15) is 5.75 Å². The van der Waals surface area contributed by atoms with Gasteiger partial charge in [-0.25, -0.2) is 0 Å². The quantitative estimate of drug-likeness (QED) is 0.590. The van der Waals surface area contributed by atoms with E-state index in [0.717, 1.165) is 50.8 Å². The van der Waals surface area contributed by atoms with Gasteiger partial charge in [-0.3, -0.25) is 4.98 Å². The molecule has 0 aromatic carbocycles. The van der Waals surface area contributed by atoms with Crippen molar-refractivity contribution in [2.45, 2.75) is 75.2 Å². The largest absolute Gasteiger partial charge is 0.496 e. The van der Waals surface area contributed by atoms with Gasteiger partial charge in [0, 0.05) is 31.5 Å². The Morgan fingerprint density at radius 3 is 2.89 bits per heavy atom. The van der Waals surface area contributed by atoms with E-state index in [1.54, 1.807) is 7.11 Å². The highest BCUT2D eigenvalue weighted by Crippen LogP contribution is 2.50. The van der Waals surface area contributed by atoms with E-state index in [1.807, 2.05) is 23.7 Å². The first-order valence-electron chi connectivity index (χ1n) is 11.2. The summed E-state index contributed by atoms with van der Waals surface area (Å²) in [6, 6.07) is 8.07. The standard InChI is InChI=1S/C23H31NO2S/c1-25-19-10-17-27-20(19)8-2-4-11-22(21-9-3-7-15-24-21)14-16-26-23(18-22)12-5-6-13-23/h3,7,9-10,15,17H,2,4-6,8,11-14,16,18H2,1H3/t22-/m1/s1/i8D2. The molecule has 1 aliphatic heterocycles. The average Bonchev–Trinajstić information content (AvgIpc) is 3.38. The smallest absolute Gasteiger partial charge is 0.132 e. The van der Waals surface area contributed by atoms with Gasteiger partial charge < -0.3 is 9.47 Å². The molecule has 0 unspecified atom stereocenters. The van der Waals surface area contributed by atoms with Gasteiger partial charge in [-0.2, -0.15) is 0 Å². The van der Waals surface area contributed by atoms with Crippen molar-refractivity contribution in [3.05, 3.63) is 46.4 Å². The number of hydrogen-bond acceptors (Lipinski definition) is 4. The molecule has 2 aliphatic rings. The Morgan fingerprint density at radius 1 is 1.22 bits per heavy atom. The maximum Gasteiger partial charge on any atom is 0.132 e. The number of ether oxygens (including phenoxy) is 2. The number of hydrogen-bond donors (Lipinski definition) is 0. The summed E-state index contributed by atoms with van der Waals surface area (Å²) in [6.45, 7) is 0.780. The minimum atomic E-state index is -1.37. The van der Waals surface area contributed by atoms with E-state index in [2.05, 4.69) is 12.1 Å². The van der Waals surface area contributed by atoms with Gasteiger partial charge in [0.25, 0.3) is 0 Å². The second kappa shape index (κ2) is 8.32. The predicted octanol–water partition coefficient (Wildman–Crippen LogP) is 5.93. The van der Waals surface area contributed by atoms with Crippen LogP contribution in [-0.4, -0.2) is 24.3 Å². The number of thiophene rings is 1. The predicted molar refractivity (Wildman–Crippen MR) is 111 cm³/mol. The Morgan fingerprint density at radius 2 is 2.11 bits per heavy atom. The zero-order valence-corrected chi connectivity index (χ0v) is 17.0. The van der Waals surface area contributed by atoms with Crippen LogP contribution in [0.1, 0.15) is 71.1 Å². The summed E-state index contributed by atoms with van der Waals surface area (Å²) in [7, 11) is 1.61. The maximum atomic E-state index is 8.63. The molecule has 146 valence electrons. The third-order valence-corrected chi connectivity index (χ3v) is 7.19. The third kappa shape index (κ3) is 4.07. The number of rotatable bonds is 7. The molecule has 27 heavy (non-hydrogen) atoms. The Kier molecular flexibility index (Phi) is 5.10. The van der Waals surface area contributed by atoms with Crippen molar-refractivity contribution in [2.24, 2.45) is 0 Å². The molecule has 4 rings (SSSR count). The summed E-state index contributed by atoms with van der Waals surface area (Å²) >= 11 is 1.45. The van der Waals surface area contributed by atoms with E-state index in [4.69, 9.17) is 17.2 Å². The molecule has 0 N–H and O–H groups in total. The fourth-order valence-corrected chi connectivity index (χ4v) is 5.79. The number of nitrogens with zero attached hydrogens (tertiary/aromatic N) is 1. The fourth-order valence-electron chi connectivity index (χ4n) is 5.01. The van der Waals surface area contributed by atoms with Crippen molar-refractivity contribution in [1.29, 1.82) is 0 Å². The number of aromatic nitrogens is 1. The van der Waals surface area contributed by atoms with Crippen LogP contribution in [0.4, 0.5) is 0 Å². The monoisotopic (exact) mass is 387 g/mol. The van der Waals surface area contributed by atoms with E-state index in [1.165, 1.54) is 24.2 Å². The molecule has 1 saturated heterocycles. The minimum Gasteiger partial charge on any atom is -0.496 e. The Balaban J connectivity index is 1.52. The summed E-state index contributed by atoms with van der Waals surface area (Å²) in [5, 5.41) is 1.91. The van der Waals surface area contributed by atoms with E-state index in [9.17, 15) is 0 Å². The highest BCUT2D eigenvalue weighted by Gasteiger charge is 2.48. The van der Waals surface area contributed by atoms with Gasteiger partial charge in [-0.05, 0) is 68.5 Å². The van der Waals surface area contributed by atoms with E-state index in [0.29, 0.717) is 17.0 Å². The van der Waals surface area contributed by atoms with Gasteiger partial charge in [0.15, 0.2) is 0 Å². The van der Waals surface area contributed by atoms with Crippen LogP contribution in [0.25, 0.3) is 0 Å². The molecule has 0 radical (unpaired) electrons. The highest BCUT2D eigenvalue weighted by atomic mass is 32.1. The summed E-state index contributed by atoms with van der Waals surface area (Å²) in [5.74, 6) is 0.662. The number of aryl methyl sites for hydroxylation is 1. The van der Waals surface area contributed by atoms with Crippen LogP contribution in [0.2, 0.25) is 0 Å². The van der Waals surface area contributed by atoms with Crippen LogP contribution in [0.5, 0.6) is 5.75 Å². The Labute approximate surface area is 169 Å². The van der Waals surface area contributed by atoms with Gasteiger partial charge in [-0.15, -0.1) is 11.3 Å². The van der Waals surface area contributed by atoms with Crippen LogP contribution in [0, 0.1) is 0 Å². The zero-order valence-electron chi connectivity index (χ0n) is 18.2. The molecule has 1 saturated carbocycles. The summed E-state index contributed by atoms with van der Waals surface area (Å²) < 4.78 is 28.9. The van der Waals surface area contributed by atoms with Gasteiger partial charge in [0.05, 0.1) is 12.7 Å². The second-order valence-electron chi connectivity index (χ2n) is 8.01. The summed E-state index contributed by atoms with van der Waals surface area (Å²) in [6.07, 6.45) is 9.56. The first-order chi connectivity index (χ1) is 14.0. The molecule has 1 atom stereocenters. The van der Waals surface area contributed by atoms with Crippen LogP contribution in [-0.2, 0) is 16.5 Å². The molecule has 0 bridgehead atoms. The van der Waals surface area contributed by atoms with Crippen LogP contribution >= 0.6 is 11.3 Å². The number of pyridine rings is 1. The molecule has 0 amide bonds. The first-order valence-corrected chi connectivity index (χ1v) is 11.0. The van der Waals surface area contributed by atoms with Crippen molar-refractivity contribution >= 4 is 11.3 Å².